The van der Waals surface area contributed by atoms with E-state index in [9.17, 15) is 9.59 Å². The summed E-state index contributed by atoms with van der Waals surface area (Å²) < 4.78 is 11.0. The standard InChI is InChI=1S/C25H32N2O4/c1-16(2)13-26-24(28)22-15-27(25(29)18-8-6-17(3)7-9-18)14-21(22)20-12-19(30-4)10-11-23(20)31-5/h6-12,16,21-22H,13-15H2,1-5H3,(H,26,28)/t21-,22-/m1/s1. The molecule has 0 spiro atoms. The molecule has 1 saturated heterocycles. The van der Waals surface area contributed by atoms with Gasteiger partial charge >= 0.3 is 0 Å². The Morgan fingerprint density at radius 3 is 2.39 bits per heavy atom. The Morgan fingerprint density at radius 1 is 1.06 bits per heavy atom. The van der Waals surface area contributed by atoms with Gasteiger partial charge in [-0.15, -0.1) is 0 Å². The zero-order valence-corrected chi connectivity index (χ0v) is 19.0. The zero-order valence-electron chi connectivity index (χ0n) is 19.0. The predicted molar refractivity (Wildman–Crippen MR) is 121 cm³/mol. The molecule has 2 aromatic carbocycles. The molecule has 1 aliphatic heterocycles. The van der Waals surface area contributed by atoms with Gasteiger partial charge in [0.05, 0.1) is 20.1 Å². The van der Waals surface area contributed by atoms with E-state index in [0.29, 0.717) is 42.6 Å². The van der Waals surface area contributed by atoms with E-state index in [-0.39, 0.29) is 23.7 Å². The van der Waals surface area contributed by atoms with Gasteiger partial charge in [-0.3, -0.25) is 9.59 Å². The average molecular weight is 425 g/mol. The highest BCUT2D eigenvalue weighted by molar-refractivity contribution is 5.95. The van der Waals surface area contributed by atoms with Crippen molar-refractivity contribution in [3.8, 4) is 11.5 Å². The number of carbonyl (C=O) groups excluding carboxylic acids is 2. The number of methoxy groups -OCH3 is 2. The van der Waals surface area contributed by atoms with Gasteiger partial charge in [0.1, 0.15) is 11.5 Å². The molecule has 0 bridgehead atoms. The largest absolute Gasteiger partial charge is 0.497 e. The fourth-order valence-electron chi connectivity index (χ4n) is 3.99. The van der Waals surface area contributed by atoms with Gasteiger partial charge in [-0.05, 0) is 43.2 Å². The van der Waals surface area contributed by atoms with E-state index < -0.39 is 0 Å². The van der Waals surface area contributed by atoms with Crippen molar-refractivity contribution >= 4 is 11.8 Å². The molecule has 0 unspecified atom stereocenters. The molecular formula is C25H32N2O4. The van der Waals surface area contributed by atoms with Crippen LogP contribution < -0.4 is 14.8 Å². The smallest absolute Gasteiger partial charge is 0.253 e. The Hall–Kier alpha value is -3.02. The Morgan fingerprint density at radius 2 is 1.77 bits per heavy atom. The lowest BCUT2D eigenvalue weighted by Crippen LogP contribution is -2.37. The summed E-state index contributed by atoms with van der Waals surface area (Å²) >= 11 is 0. The molecule has 1 N–H and O–H groups in total. The SMILES string of the molecule is COc1ccc(OC)c([C@H]2CN(C(=O)c3ccc(C)cc3)C[C@H]2C(=O)NCC(C)C)c1. The van der Waals surface area contributed by atoms with Crippen LogP contribution in [0.1, 0.15) is 41.3 Å². The van der Waals surface area contributed by atoms with Crippen LogP contribution in [-0.4, -0.2) is 50.6 Å². The summed E-state index contributed by atoms with van der Waals surface area (Å²) in [6.45, 7) is 7.51. The molecule has 1 fully saturated rings. The number of hydrogen-bond donors (Lipinski definition) is 1. The second kappa shape index (κ2) is 9.86. The molecule has 3 rings (SSSR count). The summed E-state index contributed by atoms with van der Waals surface area (Å²) in [5, 5.41) is 3.05. The number of hydrogen-bond acceptors (Lipinski definition) is 4. The normalized spacial score (nSPS) is 18.2. The maximum absolute atomic E-state index is 13.2. The third kappa shape index (κ3) is 5.19. The Labute approximate surface area is 184 Å². The fourth-order valence-corrected chi connectivity index (χ4v) is 3.99. The fraction of sp³-hybridized carbons (Fsp3) is 0.440. The van der Waals surface area contributed by atoms with Crippen molar-refractivity contribution in [1.82, 2.24) is 10.2 Å². The Kier molecular flexibility index (Phi) is 7.21. The van der Waals surface area contributed by atoms with Gasteiger partial charge in [0.25, 0.3) is 5.91 Å². The third-order valence-electron chi connectivity index (χ3n) is 5.76. The van der Waals surface area contributed by atoms with Crippen molar-refractivity contribution in [3.05, 3.63) is 59.2 Å². The maximum atomic E-state index is 13.2. The van der Waals surface area contributed by atoms with Crippen LogP contribution in [0.4, 0.5) is 0 Å². The van der Waals surface area contributed by atoms with Crippen LogP contribution >= 0.6 is 0 Å². The van der Waals surface area contributed by atoms with Crippen molar-refractivity contribution in [1.29, 1.82) is 0 Å². The number of nitrogens with zero attached hydrogens (tertiary/aromatic N) is 1. The molecule has 2 amide bonds. The molecule has 1 heterocycles. The summed E-state index contributed by atoms with van der Waals surface area (Å²) in [6.07, 6.45) is 0. The lowest BCUT2D eigenvalue weighted by Gasteiger charge is -2.21. The van der Waals surface area contributed by atoms with Gasteiger partial charge in [0.15, 0.2) is 0 Å². The molecule has 0 saturated carbocycles. The third-order valence-corrected chi connectivity index (χ3v) is 5.76. The van der Waals surface area contributed by atoms with E-state index >= 15 is 0 Å². The van der Waals surface area contributed by atoms with Crippen molar-refractivity contribution < 1.29 is 19.1 Å². The number of benzene rings is 2. The lowest BCUT2D eigenvalue weighted by atomic mass is 9.87. The quantitative estimate of drug-likeness (QED) is 0.737. The first-order valence-electron chi connectivity index (χ1n) is 10.7. The zero-order chi connectivity index (χ0) is 22.5. The summed E-state index contributed by atoms with van der Waals surface area (Å²) in [6, 6.07) is 13.1. The molecule has 0 radical (unpaired) electrons. The van der Waals surface area contributed by atoms with Crippen LogP contribution in [0, 0.1) is 18.8 Å². The number of aryl methyl sites for hydroxylation is 1. The van der Waals surface area contributed by atoms with Crippen LogP contribution in [0.3, 0.4) is 0 Å². The number of nitrogens with one attached hydrogen (secondary N) is 1. The monoisotopic (exact) mass is 424 g/mol. The van der Waals surface area contributed by atoms with Crippen LogP contribution in [0.5, 0.6) is 11.5 Å². The minimum atomic E-state index is -0.367. The number of ether oxygens (including phenoxy) is 2. The summed E-state index contributed by atoms with van der Waals surface area (Å²) in [4.78, 5) is 28.1. The van der Waals surface area contributed by atoms with Crippen LogP contribution in [0.15, 0.2) is 42.5 Å². The minimum Gasteiger partial charge on any atom is -0.497 e. The number of carbonyl (C=O) groups is 2. The van der Waals surface area contributed by atoms with Gasteiger partial charge < -0.3 is 19.7 Å². The number of likely N-dealkylation sites (tertiary alicyclic amines) is 1. The highest BCUT2D eigenvalue weighted by Gasteiger charge is 2.41. The maximum Gasteiger partial charge on any atom is 0.253 e. The van der Waals surface area contributed by atoms with E-state index in [0.717, 1.165) is 11.1 Å². The highest BCUT2D eigenvalue weighted by Crippen LogP contribution is 2.40. The predicted octanol–water partition coefficient (Wildman–Crippen LogP) is 3.64. The van der Waals surface area contributed by atoms with Crippen LogP contribution in [0.25, 0.3) is 0 Å². The van der Waals surface area contributed by atoms with E-state index in [1.807, 2.05) is 49.4 Å². The van der Waals surface area contributed by atoms with Gasteiger partial charge in [-0.25, -0.2) is 0 Å². The highest BCUT2D eigenvalue weighted by atomic mass is 16.5. The van der Waals surface area contributed by atoms with Crippen LogP contribution in [0.2, 0.25) is 0 Å². The number of amides is 2. The van der Waals surface area contributed by atoms with Gasteiger partial charge in [-0.2, -0.15) is 0 Å². The van der Waals surface area contributed by atoms with E-state index in [4.69, 9.17) is 9.47 Å². The second-order valence-corrected chi connectivity index (χ2v) is 8.54. The molecule has 0 aromatic heterocycles. The molecule has 2 atom stereocenters. The number of rotatable bonds is 7. The van der Waals surface area contributed by atoms with Crippen molar-refractivity contribution in [2.45, 2.75) is 26.7 Å². The summed E-state index contributed by atoms with van der Waals surface area (Å²) in [5.41, 5.74) is 2.61. The first-order valence-corrected chi connectivity index (χ1v) is 10.7. The van der Waals surface area contributed by atoms with E-state index in [2.05, 4.69) is 19.2 Å². The van der Waals surface area contributed by atoms with Crippen molar-refractivity contribution in [2.75, 3.05) is 33.9 Å². The van der Waals surface area contributed by atoms with Crippen molar-refractivity contribution in [3.63, 3.8) is 0 Å². The molecule has 6 nitrogen and oxygen atoms in total. The Bertz CT molecular complexity index is 924. The molecule has 1 aliphatic rings. The van der Waals surface area contributed by atoms with E-state index in [1.54, 1.807) is 19.1 Å². The Balaban J connectivity index is 1.93. The van der Waals surface area contributed by atoms with Gasteiger partial charge in [-0.1, -0.05) is 31.5 Å². The first-order chi connectivity index (χ1) is 14.8. The molecule has 166 valence electrons. The average Bonchev–Trinajstić information content (AvgIpc) is 3.22. The molecule has 2 aromatic rings. The molecular weight excluding hydrogens is 392 g/mol. The minimum absolute atomic E-state index is 0.0391. The lowest BCUT2D eigenvalue weighted by molar-refractivity contribution is -0.125. The second-order valence-electron chi connectivity index (χ2n) is 8.54. The van der Waals surface area contributed by atoms with Crippen LogP contribution in [-0.2, 0) is 4.79 Å². The topological polar surface area (TPSA) is 67.9 Å². The van der Waals surface area contributed by atoms with Gasteiger partial charge in [0.2, 0.25) is 5.91 Å². The summed E-state index contributed by atoms with van der Waals surface area (Å²) in [7, 11) is 3.23. The molecule has 0 aliphatic carbocycles. The first kappa shape index (κ1) is 22.7. The van der Waals surface area contributed by atoms with Crippen molar-refractivity contribution in [2.24, 2.45) is 11.8 Å². The van der Waals surface area contributed by atoms with E-state index in [1.165, 1.54) is 0 Å². The summed E-state index contributed by atoms with van der Waals surface area (Å²) in [5.74, 6) is 1.08. The molecule has 6 heteroatoms. The molecule has 31 heavy (non-hydrogen) atoms. The van der Waals surface area contributed by atoms with Gasteiger partial charge in [0, 0.05) is 36.7 Å².